The van der Waals surface area contributed by atoms with E-state index >= 15 is 0 Å². The van der Waals surface area contributed by atoms with E-state index in [2.05, 4.69) is 5.32 Å². The Morgan fingerprint density at radius 1 is 1.07 bits per heavy atom. The van der Waals surface area contributed by atoms with E-state index in [0.717, 1.165) is 9.87 Å². The van der Waals surface area contributed by atoms with Gasteiger partial charge in [-0.25, -0.2) is 8.42 Å². The van der Waals surface area contributed by atoms with E-state index in [0.29, 0.717) is 16.5 Å². The molecule has 0 aliphatic rings. The highest BCUT2D eigenvalue weighted by atomic mass is 35.5. The normalized spacial score (nSPS) is 11.2. The van der Waals surface area contributed by atoms with E-state index in [1.165, 1.54) is 18.4 Å². The van der Waals surface area contributed by atoms with E-state index < -0.39 is 15.9 Å². The largest absolute Gasteiger partial charge is 0.467 e. The molecule has 3 aromatic rings. The molecule has 1 N–H and O–H groups in total. The summed E-state index contributed by atoms with van der Waals surface area (Å²) >= 11 is 5.92. The van der Waals surface area contributed by atoms with E-state index in [4.69, 9.17) is 16.0 Å². The van der Waals surface area contributed by atoms with E-state index in [1.54, 1.807) is 48.5 Å². The molecular weight excluding hydrogens is 400 g/mol. The number of amides is 1. The second-order valence-electron chi connectivity index (χ2n) is 6.16. The maximum absolute atomic E-state index is 13.2. The summed E-state index contributed by atoms with van der Waals surface area (Å²) in [4.78, 5) is 12.5. The molecule has 0 spiro atoms. The van der Waals surface area contributed by atoms with Gasteiger partial charge in [-0.2, -0.15) is 0 Å². The predicted molar refractivity (Wildman–Crippen MR) is 108 cm³/mol. The number of nitrogens with one attached hydrogen (secondary N) is 1. The van der Waals surface area contributed by atoms with Gasteiger partial charge in [0, 0.05) is 5.02 Å². The van der Waals surface area contributed by atoms with Gasteiger partial charge in [-0.15, -0.1) is 0 Å². The van der Waals surface area contributed by atoms with E-state index in [9.17, 15) is 13.2 Å². The van der Waals surface area contributed by atoms with Gasteiger partial charge in [-0.3, -0.25) is 9.10 Å². The zero-order valence-corrected chi connectivity index (χ0v) is 16.7. The van der Waals surface area contributed by atoms with Crippen LogP contribution in [0, 0.1) is 6.92 Å². The molecule has 146 valence electrons. The molecule has 0 unspecified atom stereocenters. The molecule has 0 radical (unpaired) electrons. The van der Waals surface area contributed by atoms with E-state index in [-0.39, 0.29) is 18.0 Å². The summed E-state index contributed by atoms with van der Waals surface area (Å²) in [5.74, 6) is 0.120. The highest BCUT2D eigenvalue weighted by Gasteiger charge is 2.27. The number of carbonyl (C=O) groups is 1. The number of rotatable bonds is 7. The minimum atomic E-state index is -3.94. The van der Waals surface area contributed by atoms with Gasteiger partial charge < -0.3 is 9.73 Å². The number of furan rings is 1. The number of halogens is 1. The van der Waals surface area contributed by atoms with Crippen molar-refractivity contribution in [2.24, 2.45) is 0 Å². The highest BCUT2D eigenvalue weighted by Crippen LogP contribution is 2.25. The van der Waals surface area contributed by atoms with Crippen LogP contribution in [0.25, 0.3) is 0 Å². The standard InChI is InChI=1S/C20H19ClN2O4S/c1-15-4-10-19(11-5-15)28(25,26)23(17-8-6-16(21)7-9-17)14-20(24)22-13-18-3-2-12-27-18/h2-12H,13-14H2,1H3,(H,22,24). The number of benzene rings is 2. The Bertz CT molecular complexity index is 1030. The SMILES string of the molecule is Cc1ccc(S(=O)(=O)N(CC(=O)NCc2ccco2)c2ccc(Cl)cc2)cc1. The number of nitrogens with zero attached hydrogens (tertiary/aromatic N) is 1. The summed E-state index contributed by atoms with van der Waals surface area (Å²) < 4.78 is 32.6. The molecule has 0 aliphatic carbocycles. The Kier molecular flexibility index (Phi) is 6.06. The number of sulfonamides is 1. The van der Waals surface area contributed by atoms with Crippen LogP contribution < -0.4 is 9.62 Å². The molecule has 2 aromatic carbocycles. The molecule has 1 heterocycles. The second-order valence-corrected chi connectivity index (χ2v) is 8.46. The molecule has 0 aliphatic heterocycles. The van der Waals surface area contributed by atoms with Crippen LogP contribution in [0.2, 0.25) is 5.02 Å². The fourth-order valence-corrected chi connectivity index (χ4v) is 4.09. The van der Waals surface area contributed by atoms with Crippen molar-refractivity contribution >= 4 is 33.2 Å². The van der Waals surface area contributed by atoms with Gasteiger partial charge in [0.2, 0.25) is 5.91 Å². The molecule has 28 heavy (non-hydrogen) atoms. The molecule has 1 amide bonds. The summed E-state index contributed by atoms with van der Waals surface area (Å²) in [6.07, 6.45) is 1.50. The van der Waals surface area contributed by atoms with E-state index in [1.807, 2.05) is 6.92 Å². The molecule has 0 saturated heterocycles. The summed E-state index contributed by atoms with van der Waals surface area (Å²) in [5, 5.41) is 3.14. The third-order valence-electron chi connectivity index (χ3n) is 4.05. The zero-order valence-electron chi connectivity index (χ0n) is 15.1. The van der Waals surface area contributed by atoms with Crippen LogP contribution in [0.4, 0.5) is 5.69 Å². The Morgan fingerprint density at radius 2 is 1.75 bits per heavy atom. The Hall–Kier alpha value is -2.77. The number of hydrogen-bond donors (Lipinski definition) is 1. The molecule has 0 fully saturated rings. The van der Waals surface area contributed by atoms with Crippen LogP contribution >= 0.6 is 11.6 Å². The van der Waals surface area contributed by atoms with Gasteiger partial charge in [0.05, 0.1) is 23.4 Å². The molecule has 1 aromatic heterocycles. The second kappa shape index (κ2) is 8.50. The van der Waals surface area contributed by atoms with Crippen molar-refractivity contribution in [1.82, 2.24) is 5.32 Å². The first kappa shape index (κ1) is 20.0. The number of carbonyl (C=O) groups excluding carboxylic acids is 1. The Labute approximate surface area is 168 Å². The summed E-state index contributed by atoms with van der Waals surface area (Å²) in [6, 6.07) is 16.2. The van der Waals surface area contributed by atoms with Crippen LogP contribution in [-0.2, 0) is 21.4 Å². The Balaban J connectivity index is 1.87. The first-order valence-electron chi connectivity index (χ1n) is 8.50. The van der Waals surface area contributed by atoms with Crippen molar-refractivity contribution in [3.05, 3.63) is 83.3 Å². The molecule has 0 bridgehead atoms. The third-order valence-corrected chi connectivity index (χ3v) is 6.09. The van der Waals surface area contributed by atoms with Crippen molar-refractivity contribution in [2.45, 2.75) is 18.4 Å². The van der Waals surface area contributed by atoms with Crippen molar-refractivity contribution in [3.8, 4) is 0 Å². The molecule has 3 rings (SSSR count). The van der Waals surface area contributed by atoms with Crippen molar-refractivity contribution in [1.29, 1.82) is 0 Å². The molecule has 8 heteroatoms. The van der Waals surface area contributed by atoms with Crippen LogP contribution in [0.5, 0.6) is 0 Å². The van der Waals surface area contributed by atoms with Gasteiger partial charge in [-0.1, -0.05) is 29.3 Å². The van der Waals surface area contributed by atoms with Gasteiger partial charge in [0.25, 0.3) is 10.0 Å². The van der Waals surface area contributed by atoms with Crippen LogP contribution in [0.3, 0.4) is 0 Å². The fraction of sp³-hybridized carbons (Fsp3) is 0.150. The lowest BCUT2D eigenvalue weighted by Gasteiger charge is -2.24. The topological polar surface area (TPSA) is 79.6 Å². The van der Waals surface area contributed by atoms with Crippen LogP contribution in [-0.4, -0.2) is 20.9 Å². The van der Waals surface area contributed by atoms with Crippen molar-refractivity contribution in [2.75, 3.05) is 10.8 Å². The first-order chi connectivity index (χ1) is 13.4. The number of aryl methyl sites for hydroxylation is 1. The van der Waals surface area contributed by atoms with Crippen molar-refractivity contribution in [3.63, 3.8) is 0 Å². The quantitative estimate of drug-likeness (QED) is 0.633. The molecule has 6 nitrogen and oxygen atoms in total. The average molecular weight is 419 g/mol. The number of hydrogen-bond acceptors (Lipinski definition) is 4. The maximum Gasteiger partial charge on any atom is 0.264 e. The minimum absolute atomic E-state index is 0.104. The lowest BCUT2D eigenvalue weighted by molar-refractivity contribution is -0.119. The number of anilines is 1. The third kappa shape index (κ3) is 4.74. The van der Waals surface area contributed by atoms with Gasteiger partial charge in [0.15, 0.2) is 0 Å². The monoisotopic (exact) mass is 418 g/mol. The lowest BCUT2D eigenvalue weighted by Crippen LogP contribution is -2.40. The lowest BCUT2D eigenvalue weighted by atomic mass is 10.2. The highest BCUT2D eigenvalue weighted by molar-refractivity contribution is 7.92. The first-order valence-corrected chi connectivity index (χ1v) is 10.3. The van der Waals surface area contributed by atoms with Crippen molar-refractivity contribution < 1.29 is 17.6 Å². The maximum atomic E-state index is 13.2. The smallest absolute Gasteiger partial charge is 0.264 e. The van der Waals surface area contributed by atoms with Gasteiger partial charge >= 0.3 is 0 Å². The molecular formula is C20H19ClN2O4S. The summed E-state index contributed by atoms with van der Waals surface area (Å²) in [5.41, 5.74) is 1.28. The summed E-state index contributed by atoms with van der Waals surface area (Å²) in [7, 11) is -3.94. The summed E-state index contributed by atoms with van der Waals surface area (Å²) in [6.45, 7) is 1.67. The molecule has 0 atom stereocenters. The zero-order chi connectivity index (χ0) is 20.1. The Morgan fingerprint density at radius 3 is 2.36 bits per heavy atom. The molecule has 0 saturated carbocycles. The van der Waals surface area contributed by atoms with Crippen LogP contribution in [0.1, 0.15) is 11.3 Å². The minimum Gasteiger partial charge on any atom is -0.467 e. The average Bonchev–Trinajstić information content (AvgIpc) is 3.19. The fourth-order valence-electron chi connectivity index (χ4n) is 2.55. The van der Waals surface area contributed by atoms with Crippen LogP contribution in [0.15, 0.2) is 76.2 Å². The van der Waals surface area contributed by atoms with Gasteiger partial charge in [-0.05, 0) is 55.5 Å². The van der Waals surface area contributed by atoms with Gasteiger partial charge in [0.1, 0.15) is 12.3 Å². The predicted octanol–water partition coefficient (Wildman–Crippen LogP) is 3.75.